The van der Waals surface area contributed by atoms with Crippen LogP contribution in [-0.4, -0.2) is 25.3 Å². The number of hydrogen-bond donors (Lipinski definition) is 1. The van der Waals surface area contributed by atoms with Crippen LogP contribution in [0.1, 0.15) is 11.1 Å². The molecule has 0 aromatic heterocycles. The van der Waals surface area contributed by atoms with Crippen LogP contribution in [0.25, 0.3) is 6.08 Å². The zero-order valence-electron chi connectivity index (χ0n) is 13.3. The summed E-state index contributed by atoms with van der Waals surface area (Å²) in [6, 6.07) is 9.00. The second-order valence-electron chi connectivity index (χ2n) is 4.84. The third kappa shape index (κ3) is 4.49. The van der Waals surface area contributed by atoms with Gasteiger partial charge in [-0.15, -0.1) is 0 Å². The number of halogens is 1. The van der Waals surface area contributed by atoms with Crippen molar-refractivity contribution in [1.82, 2.24) is 0 Å². The number of phenolic OH excluding ortho intramolecular Hbond substituents is 1. The first-order valence-electron chi connectivity index (χ1n) is 7.07. The Bertz CT molecular complexity index is 755. The second-order valence-corrected chi connectivity index (χ2v) is 4.84. The van der Waals surface area contributed by atoms with Gasteiger partial charge in [-0.05, 0) is 41.5 Å². The lowest BCUT2D eigenvalue weighted by Gasteiger charge is -2.06. The zero-order chi connectivity index (χ0) is 17.5. The van der Waals surface area contributed by atoms with E-state index in [0.717, 1.165) is 0 Å². The number of aromatic hydroxyl groups is 1. The lowest BCUT2D eigenvalue weighted by molar-refractivity contribution is -0.138. The van der Waals surface area contributed by atoms with Gasteiger partial charge in [-0.25, -0.2) is 9.18 Å². The molecule has 1 N–H and O–H groups in total. The van der Waals surface area contributed by atoms with Crippen LogP contribution in [0.15, 0.2) is 42.5 Å². The van der Waals surface area contributed by atoms with E-state index in [0.29, 0.717) is 16.9 Å². The van der Waals surface area contributed by atoms with Crippen LogP contribution < -0.4 is 9.47 Å². The molecule has 0 aliphatic rings. The van der Waals surface area contributed by atoms with E-state index in [1.54, 1.807) is 18.2 Å². The van der Waals surface area contributed by atoms with Gasteiger partial charge in [-0.1, -0.05) is 12.1 Å². The van der Waals surface area contributed by atoms with Gasteiger partial charge >= 0.3 is 5.97 Å². The van der Waals surface area contributed by atoms with E-state index in [1.165, 1.54) is 44.6 Å². The number of phenols is 1. The van der Waals surface area contributed by atoms with E-state index in [9.17, 15) is 14.3 Å². The van der Waals surface area contributed by atoms with Crippen LogP contribution in [0.5, 0.6) is 17.2 Å². The van der Waals surface area contributed by atoms with E-state index >= 15 is 0 Å². The maximum atomic E-state index is 13.5. The van der Waals surface area contributed by atoms with Crippen LogP contribution in [0.3, 0.4) is 0 Å². The Hall–Kier alpha value is -3.02. The Morgan fingerprint density at radius 2 is 1.88 bits per heavy atom. The molecule has 0 aliphatic heterocycles. The van der Waals surface area contributed by atoms with E-state index < -0.39 is 11.8 Å². The zero-order valence-corrected chi connectivity index (χ0v) is 13.3. The van der Waals surface area contributed by atoms with Crippen molar-refractivity contribution in [2.75, 3.05) is 14.2 Å². The van der Waals surface area contributed by atoms with E-state index in [1.807, 2.05) is 0 Å². The van der Waals surface area contributed by atoms with Crippen molar-refractivity contribution in [2.45, 2.75) is 6.61 Å². The highest BCUT2D eigenvalue weighted by atomic mass is 19.1. The number of hydrogen-bond acceptors (Lipinski definition) is 5. The predicted octanol–water partition coefficient (Wildman–Crippen LogP) is 3.31. The Balaban J connectivity index is 1.94. The fourth-order valence-electron chi connectivity index (χ4n) is 1.96. The Morgan fingerprint density at radius 3 is 2.54 bits per heavy atom. The molecule has 0 radical (unpaired) electrons. The van der Waals surface area contributed by atoms with Crippen molar-refractivity contribution in [3.05, 3.63) is 59.4 Å². The van der Waals surface area contributed by atoms with Crippen LogP contribution in [-0.2, 0) is 16.1 Å². The molecule has 2 aromatic rings. The number of benzene rings is 2. The molecule has 0 amide bonds. The van der Waals surface area contributed by atoms with Gasteiger partial charge in [0.1, 0.15) is 6.61 Å². The summed E-state index contributed by atoms with van der Waals surface area (Å²) in [7, 11) is 2.81. The van der Waals surface area contributed by atoms with Crippen LogP contribution in [0, 0.1) is 5.82 Å². The summed E-state index contributed by atoms with van der Waals surface area (Å²) in [6.07, 6.45) is 2.77. The van der Waals surface area contributed by atoms with Crippen LogP contribution in [0.2, 0.25) is 0 Å². The Labute approximate surface area is 138 Å². The summed E-state index contributed by atoms with van der Waals surface area (Å²) in [6.45, 7) is -0.0526. The van der Waals surface area contributed by atoms with Gasteiger partial charge in [0.15, 0.2) is 23.1 Å². The minimum Gasteiger partial charge on any atom is -0.504 e. The first-order valence-corrected chi connectivity index (χ1v) is 7.07. The molecule has 0 bridgehead atoms. The summed E-state index contributed by atoms with van der Waals surface area (Å²) < 4.78 is 28.4. The molecule has 126 valence electrons. The molecule has 0 saturated heterocycles. The molecule has 0 fully saturated rings. The molecule has 0 aliphatic carbocycles. The van der Waals surface area contributed by atoms with E-state index in [-0.39, 0.29) is 18.1 Å². The Kier molecular flexibility index (Phi) is 5.78. The molecular formula is C18H17FO5. The highest BCUT2D eigenvalue weighted by Gasteiger charge is 2.05. The Morgan fingerprint density at radius 1 is 1.12 bits per heavy atom. The monoisotopic (exact) mass is 332 g/mol. The first-order chi connectivity index (χ1) is 11.5. The number of methoxy groups -OCH3 is 2. The molecule has 5 nitrogen and oxygen atoms in total. The van der Waals surface area contributed by atoms with Gasteiger partial charge in [-0.3, -0.25) is 0 Å². The van der Waals surface area contributed by atoms with Gasteiger partial charge in [0.25, 0.3) is 0 Å². The van der Waals surface area contributed by atoms with Crippen LogP contribution >= 0.6 is 0 Å². The smallest absolute Gasteiger partial charge is 0.331 e. The molecule has 0 unspecified atom stereocenters. The van der Waals surface area contributed by atoms with Gasteiger partial charge in [0, 0.05) is 6.08 Å². The van der Waals surface area contributed by atoms with Crippen LogP contribution in [0.4, 0.5) is 4.39 Å². The lowest BCUT2D eigenvalue weighted by atomic mass is 10.2. The standard InChI is InChI=1S/C18H17FO5/c1-22-16-7-4-13(9-14(16)19)11-24-18(21)8-5-12-3-6-15(20)17(10-12)23-2/h3-10,20H,11H2,1-2H3/b8-5+. The number of ether oxygens (including phenoxy) is 3. The fraction of sp³-hybridized carbons (Fsp3) is 0.167. The molecular weight excluding hydrogens is 315 g/mol. The fourth-order valence-corrected chi connectivity index (χ4v) is 1.96. The maximum Gasteiger partial charge on any atom is 0.331 e. The number of carbonyl (C=O) groups is 1. The molecule has 0 heterocycles. The number of esters is 1. The lowest BCUT2D eigenvalue weighted by Crippen LogP contribution is -2.01. The third-order valence-electron chi connectivity index (χ3n) is 3.21. The minimum absolute atomic E-state index is 0.0127. The van der Waals surface area contributed by atoms with E-state index in [2.05, 4.69) is 0 Å². The van der Waals surface area contributed by atoms with Gasteiger partial charge < -0.3 is 19.3 Å². The quantitative estimate of drug-likeness (QED) is 0.649. The van der Waals surface area contributed by atoms with Crippen molar-refractivity contribution in [2.24, 2.45) is 0 Å². The molecule has 24 heavy (non-hydrogen) atoms. The minimum atomic E-state index is -0.571. The summed E-state index contributed by atoms with van der Waals surface area (Å²) in [5.41, 5.74) is 1.18. The maximum absolute atomic E-state index is 13.5. The molecule has 0 saturated carbocycles. The van der Waals surface area contributed by atoms with Crippen molar-refractivity contribution in [1.29, 1.82) is 0 Å². The third-order valence-corrected chi connectivity index (χ3v) is 3.21. The summed E-state index contributed by atoms with van der Waals surface area (Å²) in [4.78, 5) is 11.7. The topological polar surface area (TPSA) is 65.0 Å². The number of rotatable bonds is 6. The predicted molar refractivity (Wildman–Crippen MR) is 86.4 cm³/mol. The molecule has 6 heteroatoms. The average Bonchev–Trinajstić information content (AvgIpc) is 2.59. The van der Waals surface area contributed by atoms with Gasteiger partial charge in [-0.2, -0.15) is 0 Å². The molecule has 0 atom stereocenters. The first kappa shape index (κ1) is 17.3. The van der Waals surface area contributed by atoms with Gasteiger partial charge in [0.05, 0.1) is 14.2 Å². The van der Waals surface area contributed by atoms with Gasteiger partial charge in [0.2, 0.25) is 0 Å². The highest BCUT2D eigenvalue weighted by Crippen LogP contribution is 2.26. The van der Waals surface area contributed by atoms with Crippen molar-refractivity contribution in [3.8, 4) is 17.2 Å². The summed E-state index contributed by atoms with van der Waals surface area (Å²) in [5, 5.41) is 9.50. The molecule has 2 aromatic carbocycles. The van der Waals surface area contributed by atoms with E-state index in [4.69, 9.17) is 14.2 Å². The number of carbonyl (C=O) groups excluding carboxylic acids is 1. The summed E-state index contributed by atoms with van der Waals surface area (Å²) >= 11 is 0. The second kappa shape index (κ2) is 8.01. The van der Waals surface area contributed by atoms with Crippen molar-refractivity contribution < 1.29 is 28.5 Å². The summed E-state index contributed by atoms with van der Waals surface area (Å²) in [5.74, 6) is -0.639. The van der Waals surface area contributed by atoms with Crippen molar-refractivity contribution >= 4 is 12.0 Å². The molecule has 0 spiro atoms. The SMILES string of the molecule is COc1cc(/C=C/C(=O)OCc2ccc(OC)c(F)c2)ccc1O. The van der Waals surface area contributed by atoms with Crippen molar-refractivity contribution in [3.63, 3.8) is 0 Å². The average molecular weight is 332 g/mol. The highest BCUT2D eigenvalue weighted by molar-refractivity contribution is 5.87. The molecule has 2 rings (SSSR count). The normalized spacial score (nSPS) is 10.6. The largest absolute Gasteiger partial charge is 0.504 e.